The van der Waals surface area contributed by atoms with Gasteiger partial charge in [-0.1, -0.05) is 24.3 Å². The molecular weight excluding hydrogens is 343 g/mol. The van der Waals surface area contributed by atoms with E-state index in [1.54, 1.807) is 0 Å². The van der Waals surface area contributed by atoms with Crippen molar-refractivity contribution in [3.63, 3.8) is 0 Å². The van der Waals surface area contributed by atoms with E-state index in [4.69, 9.17) is 4.74 Å². The fourth-order valence-corrected chi connectivity index (χ4v) is 3.14. The van der Waals surface area contributed by atoms with Gasteiger partial charge in [0.2, 0.25) is 0 Å². The highest BCUT2D eigenvalue weighted by Gasteiger charge is 2.30. The van der Waals surface area contributed by atoms with Gasteiger partial charge >= 0.3 is 6.18 Å². The topological polar surface area (TPSA) is 38.3 Å². The second kappa shape index (κ2) is 7.40. The summed E-state index contributed by atoms with van der Waals surface area (Å²) in [4.78, 5) is 12.1. The van der Waals surface area contributed by atoms with Crippen molar-refractivity contribution < 1.29 is 22.7 Å². The molecule has 26 heavy (non-hydrogen) atoms. The molecule has 0 saturated carbocycles. The summed E-state index contributed by atoms with van der Waals surface area (Å²) in [5.41, 5.74) is 2.89. The third kappa shape index (κ3) is 4.36. The molecule has 1 amide bonds. The minimum atomic E-state index is -4.44. The van der Waals surface area contributed by atoms with E-state index in [2.05, 4.69) is 17.4 Å². The average Bonchev–Trinajstić information content (AvgIpc) is 3.07. The van der Waals surface area contributed by atoms with Gasteiger partial charge in [0.15, 0.2) is 6.61 Å². The Labute approximate surface area is 150 Å². The molecule has 1 N–H and O–H groups in total. The molecule has 3 nitrogen and oxygen atoms in total. The van der Waals surface area contributed by atoms with Gasteiger partial charge in [-0.2, -0.15) is 13.2 Å². The van der Waals surface area contributed by atoms with Crippen LogP contribution >= 0.6 is 0 Å². The van der Waals surface area contributed by atoms with E-state index in [0.29, 0.717) is 0 Å². The second-order valence-corrected chi connectivity index (χ2v) is 6.49. The predicted octanol–water partition coefficient (Wildman–Crippen LogP) is 4.45. The van der Waals surface area contributed by atoms with Crippen LogP contribution in [0.2, 0.25) is 0 Å². The van der Waals surface area contributed by atoms with Crippen LogP contribution in [-0.4, -0.2) is 12.5 Å². The zero-order chi connectivity index (χ0) is 18.7. The van der Waals surface area contributed by atoms with Crippen molar-refractivity contribution in [2.24, 2.45) is 0 Å². The lowest BCUT2D eigenvalue weighted by molar-refractivity contribution is -0.137. The van der Waals surface area contributed by atoms with Gasteiger partial charge in [0.1, 0.15) is 5.75 Å². The highest BCUT2D eigenvalue weighted by atomic mass is 19.4. The van der Waals surface area contributed by atoms with E-state index in [1.165, 1.54) is 23.3 Å². The first-order valence-electron chi connectivity index (χ1n) is 8.54. The minimum Gasteiger partial charge on any atom is -0.484 e. The van der Waals surface area contributed by atoms with Crippen LogP contribution in [0.5, 0.6) is 5.75 Å². The summed E-state index contributed by atoms with van der Waals surface area (Å²) in [5.74, 6) is -0.365. The number of carbonyl (C=O) groups is 1. The van der Waals surface area contributed by atoms with Gasteiger partial charge in [0.25, 0.3) is 5.91 Å². The second-order valence-electron chi connectivity index (χ2n) is 6.49. The van der Waals surface area contributed by atoms with E-state index in [-0.39, 0.29) is 24.3 Å². The maximum absolute atomic E-state index is 12.7. The Kier molecular flexibility index (Phi) is 5.20. The number of rotatable bonds is 5. The first-order valence-corrected chi connectivity index (χ1v) is 8.54. The van der Waals surface area contributed by atoms with Crippen molar-refractivity contribution in [1.29, 1.82) is 0 Å². The molecular formula is C20H20F3NO2. The molecule has 6 heteroatoms. The summed E-state index contributed by atoms with van der Waals surface area (Å²) in [6.07, 6.45) is -1.13. The Morgan fingerprint density at radius 3 is 2.69 bits per heavy atom. The monoisotopic (exact) mass is 363 g/mol. The highest BCUT2D eigenvalue weighted by Crippen LogP contribution is 2.31. The average molecular weight is 363 g/mol. The van der Waals surface area contributed by atoms with Crippen molar-refractivity contribution in [1.82, 2.24) is 5.32 Å². The fraction of sp³-hybridized carbons (Fsp3) is 0.350. The Hall–Kier alpha value is -2.50. The van der Waals surface area contributed by atoms with Crippen molar-refractivity contribution in [3.05, 3.63) is 64.7 Å². The molecule has 2 aromatic carbocycles. The first kappa shape index (κ1) is 18.3. The molecule has 0 spiro atoms. The molecule has 0 aliphatic heterocycles. The van der Waals surface area contributed by atoms with Crippen LogP contribution in [0.3, 0.4) is 0 Å². The molecule has 0 fully saturated rings. The van der Waals surface area contributed by atoms with E-state index in [9.17, 15) is 18.0 Å². The van der Waals surface area contributed by atoms with Crippen LogP contribution in [0, 0.1) is 0 Å². The SMILES string of the molecule is CC(NC(=O)COc1cccc(C(F)(F)F)c1)c1ccc2c(c1)CCC2. The Bertz CT molecular complexity index is 802. The van der Waals surface area contributed by atoms with E-state index < -0.39 is 11.7 Å². The molecule has 0 heterocycles. The number of alkyl halides is 3. The largest absolute Gasteiger partial charge is 0.484 e. The van der Waals surface area contributed by atoms with Gasteiger partial charge < -0.3 is 10.1 Å². The molecule has 0 aromatic heterocycles. The summed E-state index contributed by atoms with van der Waals surface area (Å²) >= 11 is 0. The lowest BCUT2D eigenvalue weighted by atomic mass is 10.0. The minimum absolute atomic E-state index is 0.0140. The molecule has 1 aliphatic carbocycles. The predicted molar refractivity (Wildman–Crippen MR) is 92.0 cm³/mol. The fourth-order valence-electron chi connectivity index (χ4n) is 3.14. The van der Waals surface area contributed by atoms with Crippen LogP contribution in [0.25, 0.3) is 0 Å². The van der Waals surface area contributed by atoms with Crippen molar-refractivity contribution in [2.75, 3.05) is 6.61 Å². The summed E-state index contributed by atoms with van der Waals surface area (Å²) in [7, 11) is 0. The molecule has 2 aromatic rings. The molecule has 1 unspecified atom stereocenters. The molecule has 0 bridgehead atoms. The van der Waals surface area contributed by atoms with Gasteiger partial charge in [-0.05, 0) is 61.1 Å². The first-order chi connectivity index (χ1) is 12.3. The van der Waals surface area contributed by atoms with Gasteiger partial charge in [0.05, 0.1) is 11.6 Å². The molecule has 0 radical (unpaired) electrons. The Morgan fingerprint density at radius 2 is 1.92 bits per heavy atom. The van der Waals surface area contributed by atoms with Crippen molar-refractivity contribution >= 4 is 5.91 Å². The van der Waals surface area contributed by atoms with Crippen LogP contribution in [0.1, 0.15) is 41.6 Å². The zero-order valence-corrected chi connectivity index (χ0v) is 14.4. The third-order valence-corrected chi connectivity index (χ3v) is 4.53. The highest BCUT2D eigenvalue weighted by molar-refractivity contribution is 5.78. The summed E-state index contributed by atoms with van der Waals surface area (Å²) in [6.45, 7) is 1.54. The number of amides is 1. The molecule has 1 aliphatic rings. The number of benzene rings is 2. The summed E-state index contributed by atoms with van der Waals surface area (Å²) in [5, 5.41) is 2.82. The van der Waals surface area contributed by atoms with Gasteiger partial charge in [-0.3, -0.25) is 4.79 Å². The van der Waals surface area contributed by atoms with Crippen LogP contribution in [0.15, 0.2) is 42.5 Å². The van der Waals surface area contributed by atoms with Crippen molar-refractivity contribution in [3.8, 4) is 5.75 Å². The summed E-state index contributed by atoms with van der Waals surface area (Å²) < 4.78 is 43.3. The normalized spacial score (nSPS) is 14.6. The number of fused-ring (bicyclic) bond motifs is 1. The van der Waals surface area contributed by atoms with Gasteiger partial charge in [-0.15, -0.1) is 0 Å². The number of hydrogen-bond acceptors (Lipinski definition) is 2. The van der Waals surface area contributed by atoms with Gasteiger partial charge in [-0.25, -0.2) is 0 Å². The Balaban J connectivity index is 1.56. The zero-order valence-electron chi connectivity index (χ0n) is 14.4. The maximum Gasteiger partial charge on any atom is 0.416 e. The standard InChI is InChI=1S/C20H20F3NO2/c1-13(15-9-8-14-4-2-5-16(14)10-15)24-19(25)12-26-18-7-3-6-17(11-18)20(21,22)23/h3,6-11,13H,2,4-5,12H2,1H3,(H,24,25). The summed E-state index contributed by atoms with van der Waals surface area (Å²) in [6, 6.07) is 10.5. The lowest BCUT2D eigenvalue weighted by Gasteiger charge is -2.16. The Morgan fingerprint density at radius 1 is 1.15 bits per heavy atom. The molecule has 138 valence electrons. The molecule has 0 saturated heterocycles. The van der Waals surface area contributed by atoms with Gasteiger partial charge in [0, 0.05) is 0 Å². The van der Waals surface area contributed by atoms with Crippen LogP contribution < -0.4 is 10.1 Å². The number of ether oxygens (including phenoxy) is 1. The quantitative estimate of drug-likeness (QED) is 0.852. The van der Waals surface area contributed by atoms with E-state index >= 15 is 0 Å². The van der Waals surface area contributed by atoms with Crippen LogP contribution in [0.4, 0.5) is 13.2 Å². The lowest BCUT2D eigenvalue weighted by Crippen LogP contribution is -2.31. The van der Waals surface area contributed by atoms with E-state index in [1.807, 2.05) is 13.0 Å². The molecule has 3 rings (SSSR count). The third-order valence-electron chi connectivity index (χ3n) is 4.53. The molecule has 1 atom stereocenters. The van der Waals surface area contributed by atoms with E-state index in [0.717, 1.165) is 37.0 Å². The number of halogens is 3. The number of hydrogen-bond donors (Lipinski definition) is 1. The van der Waals surface area contributed by atoms with Crippen LogP contribution in [-0.2, 0) is 23.8 Å². The number of carbonyl (C=O) groups excluding carboxylic acids is 1. The van der Waals surface area contributed by atoms with Crippen molar-refractivity contribution in [2.45, 2.75) is 38.4 Å². The number of aryl methyl sites for hydroxylation is 2. The number of nitrogens with one attached hydrogen (secondary N) is 1. The smallest absolute Gasteiger partial charge is 0.416 e. The maximum atomic E-state index is 12.7.